The van der Waals surface area contributed by atoms with Gasteiger partial charge in [0.1, 0.15) is 5.82 Å². The summed E-state index contributed by atoms with van der Waals surface area (Å²) in [5.41, 5.74) is 2.67. The minimum absolute atomic E-state index is 0.0855. The summed E-state index contributed by atoms with van der Waals surface area (Å²) >= 11 is 11.9. The normalized spacial score (nSPS) is 10.8. The number of H-pyrrole nitrogens is 1. The fourth-order valence-corrected chi connectivity index (χ4v) is 2.79. The number of aromatic nitrogens is 2. The van der Waals surface area contributed by atoms with Gasteiger partial charge in [-0.25, -0.2) is 9.78 Å². The number of imidazole rings is 1. The minimum Gasteiger partial charge on any atom is -0.441 e. The van der Waals surface area contributed by atoms with Crippen LogP contribution in [0.1, 0.15) is 11.4 Å². The van der Waals surface area contributed by atoms with Crippen molar-refractivity contribution in [3.8, 4) is 0 Å². The molecule has 0 bridgehead atoms. The molecule has 1 amide bonds. The number of fused-ring (bicyclic) bond motifs is 1. The summed E-state index contributed by atoms with van der Waals surface area (Å²) in [5, 5.41) is 3.85. The Labute approximate surface area is 148 Å². The SMILES string of the molecule is O=C(NCCc1ccc(Cl)cc1Cl)OCc1nc2ccccc2[nH]1. The molecule has 0 spiro atoms. The van der Waals surface area contributed by atoms with Crippen molar-refractivity contribution in [1.29, 1.82) is 0 Å². The van der Waals surface area contributed by atoms with Gasteiger partial charge in [-0.3, -0.25) is 0 Å². The molecule has 2 aromatic carbocycles. The van der Waals surface area contributed by atoms with Crippen LogP contribution >= 0.6 is 23.2 Å². The average Bonchev–Trinajstić information content (AvgIpc) is 2.98. The highest BCUT2D eigenvalue weighted by atomic mass is 35.5. The molecule has 0 fully saturated rings. The predicted molar refractivity (Wildman–Crippen MR) is 94.4 cm³/mol. The third-order valence-corrected chi connectivity index (χ3v) is 4.04. The topological polar surface area (TPSA) is 67.0 Å². The molecule has 5 nitrogen and oxygen atoms in total. The number of hydrogen-bond acceptors (Lipinski definition) is 3. The lowest BCUT2D eigenvalue weighted by Crippen LogP contribution is -2.26. The Balaban J connectivity index is 1.45. The van der Waals surface area contributed by atoms with E-state index in [0.717, 1.165) is 16.6 Å². The first kappa shape index (κ1) is 16.6. The maximum Gasteiger partial charge on any atom is 0.407 e. The van der Waals surface area contributed by atoms with Crippen LogP contribution < -0.4 is 5.32 Å². The van der Waals surface area contributed by atoms with Gasteiger partial charge in [0.2, 0.25) is 0 Å². The molecule has 24 heavy (non-hydrogen) atoms. The predicted octanol–water partition coefficient (Wildman–Crippen LogP) is 4.34. The van der Waals surface area contributed by atoms with Crippen molar-refractivity contribution in [2.24, 2.45) is 0 Å². The number of nitrogens with zero attached hydrogens (tertiary/aromatic N) is 1. The first-order valence-corrected chi connectivity index (χ1v) is 8.15. The number of hydrogen-bond donors (Lipinski definition) is 2. The van der Waals surface area contributed by atoms with Gasteiger partial charge in [-0.05, 0) is 36.2 Å². The quantitative estimate of drug-likeness (QED) is 0.708. The smallest absolute Gasteiger partial charge is 0.407 e. The second-order valence-electron chi connectivity index (χ2n) is 5.19. The fourth-order valence-electron chi connectivity index (χ4n) is 2.28. The molecule has 0 saturated heterocycles. The van der Waals surface area contributed by atoms with Crippen LogP contribution in [0.4, 0.5) is 4.79 Å². The van der Waals surface area contributed by atoms with Gasteiger partial charge in [-0.15, -0.1) is 0 Å². The molecule has 0 aliphatic carbocycles. The van der Waals surface area contributed by atoms with E-state index in [1.165, 1.54) is 0 Å². The molecule has 0 aliphatic rings. The Hall–Kier alpha value is -2.24. The summed E-state index contributed by atoms with van der Waals surface area (Å²) < 4.78 is 5.15. The largest absolute Gasteiger partial charge is 0.441 e. The second kappa shape index (κ2) is 7.55. The lowest BCUT2D eigenvalue weighted by molar-refractivity contribution is 0.137. The number of rotatable bonds is 5. The summed E-state index contributed by atoms with van der Waals surface area (Å²) in [4.78, 5) is 19.2. The minimum atomic E-state index is -0.499. The standard InChI is InChI=1S/C17H15Cl2N3O2/c18-12-6-5-11(13(19)9-12)7-8-20-17(23)24-10-16-21-14-3-1-2-4-15(14)22-16/h1-6,9H,7-8,10H2,(H,20,23)(H,21,22). The molecule has 0 saturated carbocycles. The third kappa shape index (κ3) is 4.19. The summed E-state index contributed by atoms with van der Waals surface area (Å²) in [7, 11) is 0. The molecule has 2 N–H and O–H groups in total. The zero-order chi connectivity index (χ0) is 16.9. The van der Waals surface area contributed by atoms with Crippen LogP contribution in [0, 0.1) is 0 Å². The van der Waals surface area contributed by atoms with E-state index in [1.54, 1.807) is 12.1 Å². The van der Waals surface area contributed by atoms with Gasteiger partial charge >= 0.3 is 6.09 Å². The lowest BCUT2D eigenvalue weighted by atomic mass is 10.1. The van der Waals surface area contributed by atoms with E-state index >= 15 is 0 Å². The maximum atomic E-state index is 11.7. The van der Waals surface area contributed by atoms with E-state index in [2.05, 4.69) is 15.3 Å². The van der Waals surface area contributed by atoms with Crippen LogP contribution in [-0.4, -0.2) is 22.6 Å². The molecule has 1 aromatic heterocycles. The van der Waals surface area contributed by atoms with Gasteiger partial charge in [0.25, 0.3) is 0 Å². The molecular formula is C17H15Cl2N3O2. The van der Waals surface area contributed by atoms with E-state index < -0.39 is 6.09 Å². The van der Waals surface area contributed by atoms with E-state index in [-0.39, 0.29) is 6.61 Å². The number of halogens is 2. The zero-order valence-electron chi connectivity index (χ0n) is 12.7. The molecule has 7 heteroatoms. The van der Waals surface area contributed by atoms with E-state index in [1.807, 2.05) is 30.3 Å². The van der Waals surface area contributed by atoms with Crippen LogP contribution in [0.15, 0.2) is 42.5 Å². The first-order chi connectivity index (χ1) is 11.6. The summed E-state index contributed by atoms with van der Waals surface area (Å²) in [6.07, 6.45) is 0.0935. The number of alkyl carbamates (subject to hydrolysis) is 1. The lowest BCUT2D eigenvalue weighted by Gasteiger charge is -2.07. The van der Waals surface area contributed by atoms with Crippen molar-refractivity contribution in [3.63, 3.8) is 0 Å². The van der Waals surface area contributed by atoms with E-state index in [9.17, 15) is 4.79 Å². The number of carbonyl (C=O) groups is 1. The Morgan fingerprint density at radius 3 is 2.83 bits per heavy atom. The fraction of sp³-hybridized carbons (Fsp3) is 0.176. The molecule has 0 aliphatic heterocycles. The highest BCUT2D eigenvalue weighted by Gasteiger charge is 2.07. The molecule has 0 radical (unpaired) electrons. The van der Waals surface area contributed by atoms with Crippen molar-refractivity contribution in [3.05, 3.63) is 63.9 Å². The number of para-hydroxylation sites is 2. The number of nitrogens with one attached hydrogen (secondary N) is 2. The second-order valence-corrected chi connectivity index (χ2v) is 6.03. The van der Waals surface area contributed by atoms with Gasteiger partial charge in [-0.2, -0.15) is 0 Å². The van der Waals surface area contributed by atoms with Crippen LogP contribution in [0.5, 0.6) is 0 Å². The zero-order valence-corrected chi connectivity index (χ0v) is 14.2. The van der Waals surface area contributed by atoms with Gasteiger partial charge in [0.05, 0.1) is 11.0 Å². The molecule has 0 unspecified atom stereocenters. The number of aromatic amines is 1. The van der Waals surface area contributed by atoms with E-state index in [0.29, 0.717) is 28.8 Å². The van der Waals surface area contributed by atoms with Crippen LogP contribution in [0.3, 0.4) is 0 Å². The molecule has 1 heterocycles. The average molecular weight is 364 g/mol. The third-order valence-electron chi connectivity index (χ3n) is 3.46. The molecular weight excluding hydrogens is 349 g/mol. The van der Waals surface area contributed by atoms with Gasteiger partial charge in [-0.1, -0.05) is 41.4 Å². The van der Waals surface area contributed by atoms with E-state index in [4.69, 9.17) is 27.9 Å². The number of amides is 1. The van der Waals surface area contributed by atoms with Crippen LogP contribution in [-0.2, 0) is 17.8 Å². The Bertz CT molecular complexity index is 831. The molecule has 0 atom stereocenters. The Morgan fingerprint density at radius 1 is 1.21 bits per heavy atom. The Morgan fingerprint density at radius 2 is 2.04 bits per heavy atom. The van der Waals surface area contributed by atoms with Crippen LogP contribution in [0.2, 0.25) is 10.0 Å². The summed E-state index contributed by atoms with van der Waals surface area (Å²) in [6.45, 7) is 0.503. The van der Waals surface area contributed by atoms with Crippen molar-refractivity contribution in [2.45, 2.75) is 13.0 Å². The van der Waals surface area contributed by atoms with Crippen LogP contribution in [0.25, 0.3) is 11.0 Å². The van der Waals surface area contributed by atoms with Gasteiger partial charge < -0.3 is 15.0 Å². The Kier molecular flexibility index (Phi) is 5.23. The highest BCUT2D eigenvalue weighted by Crippen LogP contribution is 2.21. The molecule has 3 aromatic rings. The van der Waals surface area contributed by atoms with Gasteiger partial charge in [0, 0.05) is 16.6 Å². The van der Waals surface area contributed by atoms with Crippen molar-refractivity contribution in [2.75, 3.05) is 6.54 Å². The molecule has 3 rings (SSSR count). The van der Waals surface area contributed by atoms with Gasteiger partial charge in [0.15, 0.2) is 6.61 Å². The highest BCUT2D eigenvalue weighted by molar-refractivity contribution is 6.35. The summed E-state index contributed by atoms with van der Waals surface area (Å²) in [6, 6.07) is 12.9. The number of benzene rings is 2. The van der Waals surface area contributed by atoms with Crippen molar-refractivity contribution < 1.29 is 9.53 Å². The van der Waals surface area contributed by atoms with Crippen molar-refractivity contribution >= 4 is 40.3 Å². The maximum absolute atomic E-state index is 11.7. The summed E-state index contributed by atoms with van der Waals surface area (Å²) in [5.74, 6) is 0.604. The van der Waals surface area contributed by atoms with Crippen molar-refractivity contribution in [1.82, 2.24) is 15.3 Å². The number of carbonyl (C=O) groups excluding carboxylic acids is 1. The first-order valence-electron chi connectivity index (χ1n) is 7.40. The monoisotopic (exact) mass is 363 g/mol. The number of ether oxygens (including phenoxy) is 1. The molecule has 124 valence electrons.